The highest BCUT2D eigenvalue weighted by molar-refractivity contribution is 6.01. The van der Waals surface area contributed by atoms with Crippen LogP contribution in [0.3, 0.4) is 0 Å². The maximum atomic E-state index is 13.3. The number of ketones is 2. The largest absolute Gasteiger partial charge is 0.481 e. The summed E-state index contributed by atoms with van der Waals surface area (Å²) in [4.78, 5) is 60.0. The number of aliphatic hydroxyl groups is 2. The lowest BCUT2D eigenvalue weighted by molar-refractivity contribution is -0.181. The van der Waals surface area contributed by atoms with Gasteiger partial charge in [0.1, 0.15) is 5.60 Å². The molecule has 220 valence electrons. The molecule has 0 aliphatic heterocycles. The third-order valence-electron chi connectivity index (χ3n) is 10.2. The Morgan fingerprint density at radius 3 is 2.58 bits per heavy atom. The zero-order chi connectivity index (χ0) is 29.3. The number of esters is 1. The Labute approximate surface area is 234 Å². The van der Waals surface area contributed by atoms with Gasteiger partial charge in [0, 0.05) is 36.1 Å². The topological polar surface area (TPSA) is 167 Å². The second-order valence-electron chi connectivity index (χ2n) is 12.4. The number of unbranched alkanes of at least 4 members (excludes halogenated alkanes) is 1. The van der Waals surface area contributed by atoms with Gasteiger partial charge >= 0.3 is 11.9 Å². The first kappa shape index (κ1) is 30.1. The lowest BCUT2D eigenvalue weighted by Gasteiger charge is -2.59. The Hall–Kier alpha value is -2.85. The zero-order valence-corrected chi connectivity index (χ0v) is 23.3. The van der Waals surface area contributed by atoms with Gasteiger partial charge in [-0.1, -0.05) is 25.5 Å². The number of nitrogens with one attached hydrogen (secondary N) is 1. The highest BCUT2D eigenvalue weighted by atomic mass is 16.5. The molecule has 0 bridgehead atoms. The molecule has 0 aromatic rings. The van der Waals surface area contributed by atoms with Crippen molar-refractivity contribution in [3.63, 3.8) is 0 Å². The molecule has 0 radical (unpaired) electrons. The van der Waals surface area contributed by atoms with Gasteiger partial charge < -0.3 is 25.4 Å². The van der Waals surface area contributed by atoms with E-state index in [-0.39, 0.29) is 61.5 Å². The van der Waals surface area contributed by atoms with Crippen LogP contribution < -0.4 is 5.32 Å². The monoisotopic (exact) mass is 559 g/mol. The summed E-state index contributed by atoms with van der Waals surface area (Å²) < 4.78 is 5.15. The van der Waals surface area contributed by atoms with E-state index in [0.717, 1.165) is 18.4 Å². The quantitative estimate of drug-likeness (QED) is 0.219. The molecule has 4 aliphatic rings. The van der Waals surface area contributed by atoms with Crippen LogP contribution in [-0.2, 0) is 28.7 Å². The number of hydrogen-bond donors (Lipinski definition) is 4. The van der Waals surface area contributed by atoms with Gasteiger partial charge in [-0.25, -0.2) is 0 Å². The van der Waals surface area contributed by atoms with Crippen LogP contribution in [0.5, 0.6) is 0 Å². The fourth-order valence-corrected chi connectivity index (χ4v) is 8.06. The first-order chi connectivity index (χ1) is 18.8. The van der Waals surface area contributed by atoms with Crippen LogP contribution in [0.2, 0.25) is 0 Å². The van der Waals surface area contributed by atoms with E-state index >= 15 is 0 Å². The minimum atomic E-state index is -1.74. The van der Waals surface area contributed by atoms with Crippen molar-refractivity contribution in [3.05, 3.63) is 23.8 Å². The molecule has 0 aromatic heterocycles. The van der Waals surface area contributed by atoms with Gasteiger partial charge in [-0.3, -0.25) is 24.0 Å². The molecule has 40 heavy (non-hydrogen) atoms. The number of carbonyl (C=O) groups excluding carboxylic acids is 4. The average molecular weight is 560 g/mol. The lowest BCUT2D eigenvalue weighted by Crippen LogP contribution is -2.61. The Bertz CT molecular complexity index is 1130. The molecule has 10 heteroatoms. The van der Waals surface area contributed by atoms with Crippen molar-refractivity contribution in [3.8, 4) is 0 Å². The van der Waals surface area contributed by atoms with E-state index in [9.17, 15) is 34.2 Å². The molecule has 10 nitrogen and oxygen atoms in total. The van der Waals surface area contributed by atoms with Crippen LogP contribution in [0.4, 0.5) is 0 Å². The molecule has 3 saturated carbocycles. The molecule has 0 unspecified atom stereocenters. The van der Waals surface area contributed by atoms with Gasteiger partial charge in [0.05, 0.1) is 12.5 Å². The number of carboxylic acids is 1. The molecule has 7 atom stereocenters. The highest BCUT2D eigenvalue weighted by Crippen LogP contribution is 2.67. The molecule has 4 rings (SSSR count). The normalized spacial score (nSPS) is 36.1. The van der Waals surface area contributed by atoms with E-state index in [2.05, 4.69) is 12.2 Å². The summed E-state index contributed by atoms with van der Waals surface area (Å²) in [5, 5.41) is 34.4. The SMILES string of the molecule is C[C@]12C=CC(=O)C=C1CC[C@H]1[C@H]2[C@@H](O)C[C@@]2(C)[C@H]1CC[C@]2(O)C(=O)COC(=O)CCC(=O)NCCCCC(=O)O. The number of ether oxygens (including phenoxy) is 1. The number of rotatable bonds is 11. The van der Waals surface area contributed by atoms with Gasteiger partial charge in [0.15, 0.2) is 12.4 Å². The number of carboxylic acid groups (broad SMARTS) is 1. The van der Waals surface area contributed by atoms with Crippen molar-refractivity contribution < 1.29 is 44.0 Å². The van der Waals surface area contributed by atoms with Gasteiger partial charge in [-0.05, 0) is 68.9 Å². The third-order valence-corrected chi connectivity index (χ3v) is 10.2. The van der Waals surface area contributed by atoms with Crippen molar-refractivity contribution in [2.45, 2.75) is 89.8 Å². The number of carbonyl (C=O) groups is 5. The number of hydrogen-bond acceptors (Lipinski definition) is 8. The van der Waals surface area contributed by atoms with Crippen molar-refractivity contribution in [1.82, 2.24) is 5.32 Å². The van der Waals surface area contributed by atoms with E-state index in [1.54, 1.807) is 12.2 Å². The molecular weight excluding hydrogens is 518 g/mol. The molecule has 0 spiro atoms. The Morgan fingerprint density at radius 2 is 1.85 bits per heavy atom. The number of fused-ring (bicyclic) bond motifs is 5. The fraction of sp³-hybridized carbons (Fsp3) is 0.700. The highest BCUT2D eigenvalue weighted by Gasteiger charge is 2.68. The van der Waals surface area contributed by atoms with Gasteiger partial charge in [-0.15, -0.1) is 0 Å². The van der Waals surface area contributed by atoms with Crippen LogP contribution in [0.15, 0.2) is 23.8 Å². The number of aliphatic hydroxyl groups excluding tert-OH is 1. The number of allylic oxidation sites excluding steroid dienone is 4. The van der Waals surface area contributed by atoms with Crippen LogP contribution in [0, 0.1) is 28.6 Å². The molecule has 0 saturated heterocycles. The first-order valence-corrected chi connectivity index (χ1v) is 14.3. The lowest BCUT2D eigenvalue weighted by atomic mass is 9.46. The van der Waals surface area contributed by atoms with Gasteiger partial charge in [0.2, 0.25) is 11.7 Å². The third kappa shape index (κ3) is 5.52. The zero-order valence-electron chi connectivity index (χ0n) is 23.3. The molecule has 0 heterocycles. The summed E-state index contributed by atoms with van der Waals surface area (Å²) in [7, 11) is 0. The maximum absolute atomic E-state index is 13.3. The van der Waals surface area contributed by atoms with Crippen LogP contribution in [0.1, 0.15) is 78.1 Å². The number of Topliss-reactive ketones (excluding diaryl/α,β-unsaturated/α-hetero) is 1. The van der Waals surface area contributed by atoms with Crippen molar-refractivity contribution >= 4 is 29.4 Å². The van der Waals surface area contributed by atoms with E-state index in [4.69, 9.17) is 9.84 Å². The van der Waals surface area contributed by atoms with Crippen LogP contribution in [0.25, 0.3) is 0 Å². The van der Waals surface area contributed by atoms with E-state index < -0.39 is 46.9 Å². The molecule has 0 aromatic carbocycles. The second kappa shape index (κ2) is 11.6. The molecule has 4 N–H and O–H groups in total. The summed E-state index contributed by atoms with van der Waals surface area (Å²) in [5.74, 6) is -2.67. The predicted molar refractivity (Wildman–Crippen MR) is 143 cm³/mol. The summed E-state index contributed by atoms with van der Waals surface area (Å²) in [6.45, 7) is 3.63. The minimum Gasteiger partial charge on any atom is -0.481 e. The maximum Gasteiger partial charge on any atom is 0.306 e. The standard InChI is InChI=1S/C30H41NO9/c1-28-12-10-19(32)15-18(28)6-7-20-21-11-13-30(39,29(21,2)16-22(33)27(20)28)23(34)17-40-26(38)9-8-24(35)31-14-4-3-5-25(36)37/h10,12,15,20-22,27,33,39H,3-9,11,13-14,16-17H2,1-2H3,(H,31,35)(H,36,37)/t20-,21+,22+,27+,28+,29+,30+/m1/s1. The Kier molecular flexibility index (Phi) is 8.71. The summed E-state index contributed by atoms with van der Waals surface area (Å²) in [5.41, 5.74) is -2.04. The number of aliphatic carboxylic acids is 1. The summed E-state index contributed by atoms with van der Waals surface area (Å²) >= 11 is 0. The van der Waals surface area contributed by atoms with Crippen molar-refractivity contribution in [1.29, 1.82) is 0 Å². The predicted octanol–water partition coefficient (Wildman–Crippen LogP) is 2.26. The molecule has 4 aliphatic carbocycles. The number of amides is 1. The average Bonchev–Trinajstić information content (AvgIpc) is 3.16. The van der Waals surface area contributed by atoms with Crippen molar-refractivity contribution in [2.24, 2.45) is 28.6 Å². The summed E-state index contributed by atoms with van der Waals surface area (Å²) in [6.07, 6.45) is 7.59. The van der Waals surface area contributed by atoms with Crippen molar-refractivity contribution in [2.75, 3.05) is 13.2 Å². The summed E-state index contributed by atoms with van der Waals surface area (Å²) in [6, 6.07) is 0. The van der Waals surface area contributed by atoms with E-state index in [0.29, 0.717) is 25.8 Å². The van der Waals surface area contributed by atoms with E-state index in [1.807, 2.05) is 13.0 Å². The molecular formula is C30H41NO9. The minimum absolute atomic E-state index is 0.00542. The van der Waals surface area contributed by atoms with Gasteiger partial charge in [-0.2, -0.15) is 0 Å². The Morgan fingerprint density at radius 1 is 1.10 bits per heavy atom. The fourth-order valence-electron chi connectivity index (χ4n) is 8.06. The van der Waals surface area contributed by atoms with Crippen LogP contribution >= 0.6 is 0 Å². The smallest absolute Gasteiger partial charge is 0.306 e. The Balaban J connectivity index is 1.32. The second-order valence-corrected chi connectivity index (χ2v) is 12.4. The van der Waals surface area contributed by atoms with E-state index in [1.165, 1.54) is 0 Å². The molecule has 1 amide bonds. The first-order valence-electron chi connectivity index (χ1n) is 14.3. The molecule has 3 fully saturated rings. The van der Waals surface area contributed by atoms with Crippen LogP contribution in [-0.4, -0.2) is 69.6 Å². The van der Waals surface area contributed by atoms with Gasteiger partial charge in [0.25, 0.3) is 0 Å².